The molecule has 0 aromatic carbocycles. The van der Waals surface area contributed by atoms with E-state index >= 15 is 0 Å². The van der Waals surface area contributed by atoms with E-state index in [0.717, 1.165) is 31.8 Å². The molecule has 84 valence electrons. The molecule has 0 radical (unpaired) electrons. The summed E-state index contributed by atoms with van der Waals surface area (Å²) in [5, 5.41) is 3.36. The van der Waals surface area contributed by atoms with Gasteiger partial charge < -0.3 is 10.1 Å². The van der Waals surface area contributed by atoms with Crippen molar-refractivity contribution in [2.75, 3.05) is 25.1 Å². The van der Waals surface area contributed by atoms with Gasteiger partial charge in [-0.05, 0) is 24.1 Å². The second kappa shape index (κ2) is 7.43. The minimum absolute atomic E-state index is 0.256. The molecule has 1 heterocycles. The van der Waals surface area contributed by atoms with Crippen LogP contribution in [0.25, 0.3) is 0 Å². The maximum Gasteiger partial charge on any atom is 0.224 e. The van der Waals surface area contributed by atoms with Crippen molar-refractivity contribution in [2.24, 2.45) is 0 Å². The molecule has 4 nitrogen and oxygen atoms in total. The number of halogens is 1. The Hall–Kier alpha value is -0.870. The molecule has 15 heavy (non-hydrogen) atoms. The van der Waals surface area contributed by atoms with E-state index in [2.05, 4.69) is 22.2 Å². The number of nitrogens with zero attached hydrogens (tertiary/aromatic N) is 2. The molecule has 5 heteroatoms. The van der Waals surface area contributed by atoms with Crippen LogP contribution in [-0.2, 0) is 4.74 Å². The van der Waals surface area contributed by atoms with Crippen molar-refractivity contribution < 1.29 is 4.74 Å². The summed E-state index contributed by atoms with van der Waals surface area (Å²) in [4.78, 5) is 7.79. The molecule has 0 aliphatic carbocycles. The van der Waals surface area contributed by atoms with E-state index in [1.165, 1.54) is 0 Å². The largest absolute Gasteiger partial charge is 0.380 e. The van der Waals surface area contributed by atoms with Crippen LogP contribution < -0.4 is 5.32 Å². The van der Waals surface area contributed by atoms with Gasteiger partial charge in [0.05, 0.1) is 6.61 Å². The number of unbranched alkanes of at least 4 members (excludes halogenated alkanes) is 1. The lowest BCUT2D eigenvalue weighted by Crippen LogP contribution is -2.11. The molecule has 0 amide bonds. The van der Waals surface area contributed by atoms with Crippen molar-refractivity contribution in [3.8, 4) is 0 Å². The lowest BCUT2D eigenvalue weighted by molar-refractivity contribution is 0.141. The predicted molar refractivity (Wildman–Crippen MR) is 61.3 cm³/mol. The molecule has 0 unspecified atom stereocenters. The fraction of sp³-hybridized carbons (Fsp3) is 0.600. The van der Waals surface area contributed by atoms with E-state index in [4.69, 9.17) is 16.3 Å². The van der Waals surface area contributed by atoms with Crippen LogP contribution in [0.5, 0.6) is 0 Å². The number of aromatic nitrogens is 2. The van der Waals surface area contributed by atoms with Gasteiger partial charge in [0.25, 0.3) is 0 Å². The molecule has 0 saturated carbocycles. The Bertz CT molecular complexity index is 283. The van der Waals surface area contributed by atoms with Crippen LogP contribution >= 0.6 is 11.6 Å². The van der Waals surface area contributed by atoms with E-state index in [1.54, 1.807) is 12.3 Å². The monoisotopic (exact) mass is 229 g/mol. The maximum absolute atomic E-state index is 5.63. The summed E-state index contributed by atoms with van der Waals surface area (Å²) in [7, 11) is 0. The Labute approximate surface area is 95.0 Å². The SMILES string of the molecule is CCCCOCCNc1ccnc(Cl)n1. The summed E-state index contributed by atoms with van der Waals surface area (Å²) >= 11 is 5.63. The normalized spacial score (nSPS) is 10.3. The average molecular weight is 230 g/mol. The Morgan fingerprint density at radius 3 is 3.07 bits per heavy atom. The maximum atomic E-state index is 5.63. The van der Waals surface area contributed by atoms with Crippen molar-refractivity contribution in [3.63, 3.8) is 0 Å². The van der Waals surface area contributed by atoms with Gasteiger partial charge in [0.15, 0.2) is 0 Å². The van der Waals surface area contributed by atoms with E-state index in [0.29, 0.717) is 6.61 Å². The van der Waals surface area contributed by atoms with E-state index in [9.17, 15) is 0 Å². The molecule has 0 saturated heterocycles. The minimum Gasteiger partial charge on any atom is -0.380 e. The van der Waals surface area contributed by atoms with E-state index in [1.807, 2.05) is 0 Å². The first kappa shape index (κ1) is 12.2. The van der Waals surface area contributed by atoms with Crippen molar-refractivity contribution in [3.05, 3.63) is 17.5 Å². The molecule has 0 aliphatic rings. The van der Waals surface area contributed by atoms with Crippen LogP contribution in [0.15, 0.2) is 12.3 Å². The van der Waals surface area contributed by atoms with Gasteiger partial charge >= 0.3 is 0 Å². The number of rotatable bonds is 7. The molecule has 1 N–H and O–H groups in total. The fourth-order valence-corrected chi connectivity index (χ4v) is 1.18. The summed E-state index contributed by atoms with van der Waals surface area (Å²) in [5.41, 5.74) is 0. The highest BCUT2D eigenvalue weighted by atomic mass is 35.5. The van der Waals surface area contributed by atoms with Crippen molar-refractivity contribution in [2.45, 2.75) is 19.8 Å². The zero-order valence-electron chi connectivity index (χ0n) is 8.87. The zero-order chi connectivity index (χ0) is 10.9. The first-order valence-electron chi connectivity index (χ1n) is 5.13. The van der Waals surface area contributed by atoms with Crippen LogP contribution in [0.3, 0.4) is 0 Å². The third kappa shape index (κ3) is 5.54. The Balaban J connectivity index is 2.10. The Morgan fingerprint density at radius 1 is 1.47 bits per heavy atom. The lowest BCUT2D eigenvalue weighted by atomic mass is 10.4. The fourth-order valence-electron chi connectivity index (χ4n) is 1.03. The van der Waals surface area contributed by atoms with Gasteiger partial charge in [0, 0.05) is 19.3 Å². The molecule has 0 bridgehead atoms. The van der Waals surface area contributed by atoms with Gasteiger partial charge in [-0.3, -0.25) is 0 Å². The van der Waals surface area contributed by atoms with Crippen LogP contribution in [0.1, 0.15) is 19.8 Å². The third-order valence-corrected chi connectivity index (χ3v) is 2.00. The van der Waals surface area contributed by atoms with Crippen LogP contribution in [0, 0.1) is 0 Å². The standard InChI is InChI=1S/C10H16ClN3O/c1-2-3-7-15-8-6-12-9-4-5-13-10(11)14-9/h4-5H,2-3,6-8H2,1H3,(H,12,13,14). The molecule has 1 rings (SSSR count). The highest BCUT2D eigenvalue weighted by molar-refractivity contribution is 6.28. The van der Waals surface area contributed by atoms with Gasteiger partial charge in [-0.1, -0.05) is 13.3 Å². The summed E-state index contributed by atoms with van der Waals surface area (Å²) in [6.07, 6.45) is 3.89. The van der Waals surface area contributed by atoms with Crippen LogP contribution in [0.2, 0.25) is 5.28 Å². The number of nitrogens with one attached hydrogen (secondary N) is 1. The molecule has 0 atom stereocenters. The minimum atomic E-state index is 0.256. The summed E-state index contributed by atoms with van der Waals surface area (Å²) in [5.74, 6) is 0.731. The quantitative estimate of drug-likeness (QED) is 0.576. The van der Waals surface area contributed by atoms with Gasteiger partial charge in [0.1, 0.15) is 5.82 Å². The first-order valence-corrected chi connectivity index (χ1v) is 5.51. The summed E-state index contributed by atoms with van der Waals surface area (Å²) in [6.45, 7) is 4.38. The number of ether oxygens (including phenoxy) is 1. The second-order valence-corrected chi connectivity index (χ2v) is 3.44. The number of hydrogen-bond donors (Lipinski definition) is 1. The van der Waals surface area contributed by atoms with Crippen molar-refractivity contribution >= 4 is 17.4 Å². The number of anilines is 1. The van der Waals surface area contributed by atoms with Crippen LogP contribution in [0.4, 0.5) is 5.82 Å². The summed E-state index contributed by atoms with van der Waals surface area (Å²) < 4.78 is 5.39. The molecule has 1 aromatic heterocycles. The van der Waals surface area contributed by atoms with E-state index < -0.39 is 0 Å². The Morgan fingerprint density at radius 2 is 2.33 bits per heavy atom. The van der Waals surface area contributed by atoms with Crippen molar-refractivity contribution in [1.29, 1.82) is 0 Å². The molecule has 1 aromatic rings. The molecule has 0 aliphatic heterocycles. The van der Waals surface area contributed by atoms with Gasteiger partial charge in [-0.25, -0.2) is 9.97 Å². The topological polar surface area (TPSA) is 47.0 Å². The number of hydrogen-bond acceptors (Lipinski definition) is 4. The highest BCUT2D eigenvalue weighted by Gasteiger charge is 1.95. The Kier molecular flexibility index (Phi) is 6.04. The molecular weight excluding hydrogens is 214 g/mol. The zero-order valence-corrected chi connectivity index (χ0v) is 9.63. The predicted octanol–water partition coefficient (Wildman–Crippen LogP) is 2.36. The van der Waals surface area contributed by atoms with Gasteiger partial charge in [0.2, 0.25) is 5.28 Å². The second-order valence-electron chi connectivity index (χ2n) is 3.10. The van der Waals surface area contributed by atoms with Gasteiger partial charge in [-0.2, -0.15) is 0 Å². The lowest BCUT2D eigenvalue weighted by Gasteiger charge is -2.05. The van der Waals surface area contributed by atoms with E-state index in [-0.39, 0.29) is 5.28 Å². The molecule has 0 spiro atoms. The third-order valence-electron chi connectivity index (χ3n) is 1.82. The smallest absolute Gasteiger partial charge is 0.224 e. The van der Waals surface area contributed by atoms with Gasteiger partial charge in [-0.15, -0.1) is 0 Å². The summed E-state index contributed by atoms with van der Waals surface area (Å²) in [6, 6.07) is 1.78. The molecule has 0 fully saturated rings. The van der Waals surface area contributed by atoms with Crippen molar-refractivity contribution in [1.82, 2.24) is 9.97 Å². The average Bonchev–Trinajstić information content (AvgIpc) is 2.23. The van der Waals surface area contributed by atoms with Crippen LogP contribution in [-0.4, -0.2) is 29.7 Å². The highest BCUT2D eigenvalue weighted by Crippen LogP contribution is 2.04. The first-order chi connectivity index (χ1) is 7.33. The molecular formula is C10H16ClN3O.